The third-order valence-electron chi connectivity index (χ3n) is 5.18. The minimum absolute atomic E-state index is 0.0884. The van der Waals surface area contributed by atoms with Gasteiger partial charge in [-0.3, -0.25) is 9.69 Å². The van der Waals surface area contributed by atoms with Crippen LogP contribution in [-0.2, 0) is 9.53 Å². The molecule has 0 heterocycles. The number of amides is 1. The predicted octanol–water partition coefficient (Wildman–Crippen LogP) is 3.50. The summed E-state index contributed by atoms with van der Waals surface area (Å²) in [4.78, 5) is 13.8. The zero-order valence-electron chi connectivity index (χ0n) is 19.0. The second-order valence-corrected chi connectivity index (χ2v) is 7.89. The SMILES string of the molecule is CCCCCCCCCCCCCC(=O)NCCCOCCN(CCO)CCO. The summed E-state index contributed by atoms with van der Waals surface area (Å²) in [5.74, 6) is 0.151. The van der Waals surface area contributed by atoms with Crippen molar-refractivity contribution in [1.29, 1.82) is 0 Å². The minimum atomic E-state index is 0.0884. The molecule has 0 saturated carbocycles. The van der Waals surface area contributed by atoms with E-state index < -0.39 is 0 Å². The Morgan fingerprint density at radius 3 is 1.86 bits per heavy atom. The van der Waals surface area contributed by atoms with E-state index in [2.05, 4.69) is 12.2 Å². The normalized spacial score (nSPS) is 11.3. The van der Waals surface area contributed by atoms with Crippen LogP contribution >= 0.6 is 0 Å². The number of carbonyl (C=O) groups is 1. The molecule has 0 aromatic carbocycles. The zero-order valence-corrected chi connectivity index (χ0v) is 19.0. The van der Waals surface area contributed by atoms with Crippen LogP contribution in [0.15, 0.2) is 0 Å². The maximum Gasteiger partial charge on any atom is 0.219 e. The first-order valence-corrected chi connectivity index (χ1v) is 12.0. The van der Waals surface area contributed by atoms with Gasteiger partial charge in [0.15, 0.2) is 0 Å². The summed E-state index contributed by atoms with van der Waals surface area (Å²) < 4.78 is 5.55. The lowest BCUT2D eigenvalue weighted by atomic mass is 10.1. The first kappa shape index (κ1) is 28.3. The Labute approximate surface area is 179 Å². The van der Waals surface area contributed by atoms with Gasteiger partial charge < -0.3 is 20.3 Å². The Morgan fingerprint density at radius 1 is 0.759 bits per heavy atom. The summed E-state index contributed by atoms with van der Waals surface area (Å²) >= 11 is 0. The van der Waals surface area contributed by atoms with Gasteiger partial charge in [0.25, 0.3) is 0 Å². The van der Waals surface area contributed by atoms with Gasteiger partial charge in [0.2, 0.25) is 5.91 Å². The van der Waals surface area contributed by atoms with Crippen molar-refractivity contribution in [1.82, 2.24) is 10.2 Å². The van der Waals surface area contributed by atoms with Crippen LogP contribution in [-0.4, -0.2) is 73.6 Å². The van der Waals surface area contributed by atoms with Crippen molar-refractivity contribution >= 4 is 5.91 Å². The topological polar surface area (TPSA) is 82.0 Å². The van der Waals surface area contributed by atoms with Crippen LogP contribution in [0.1, 0.15) is 90.4 Å². The highest BCUT2D eigenvalue weighted by atomic mass is 16.5. The number of unbranched alkanes of at least 4 members (excludes halogenated alkanes) is 10. The standard InChI is InChI=1S/C23H48N2O4/c1-2-3-4-5-6-7-8-9-10-11-12-14-23(28)24-15-13-21-29-22-18-25(16-19-26)17-20-27/h26-27H,2-22H2,1H3,(H,24,28). The summed E-state index contributed by atoms with van der Waals surface area (Å²) in [6.45, 7) is 6.10. The van der Waals surface area contributed by atoms with Crippen LogP contribution in [0.3, 0.4) is 0 Å². The minimum Gasteiger partial charge on any atom is -0.395 e. The highest BCUT2D eigenvalue weighted by Gasteiger charge is 2.03. The van der Waals surface area contributed by atoms with Crippen molar-refractivity contribution in [2.45, 2.75) is 90.4 Å². The molecular formula is C23H48N2O4. The fourth-order valence-corrected chi connectivity index (χ4v) is 3.35. The van der Waals surface area contributed by atoms with Gasteiger partial charge in [-0.1, -0.05) is 71.1 Å². The third-order valence-corrected chi connectivity index (χ3v) is 5.18. The molecule has 174 valence electrons. The first-order valence-electron chi connectivity index (χ1n) is 12.0. The highest BCUT2D eigenvalue weighted by molar-refractivity contribution is 5.75. The molecule has 0 aliphatic rings. The molecule has 0 radical (unpaired) electrons. The summed E-state index contributed by atoms with van der Waals surface area (Å²) in [6, 6.07) is 0. The number of aliphatic hydroxyl groups is 2. The second-order valence-electron chi connectivity index (χ2n) is 7.89. The number of carbonyl (C=O) groups excluding carboxylic acids is 1. The lowest BCUT2D eigenvalue weighted by molar-refractivity contribution is -0.121. The van der Waals surface area contributed by atoms with E-state index in [9.17, 15) is 4.79 Å². The molecule has 29 heavy (non-hydrogen) atoms. The molecule has 0 fully saturated rings. The number of aliphatic hydroxyl groups excluding tert-OH is 2. The van der Waals surface area contributed by atoms with E-state index in [1.165, 1.54) is 57.8 Å². The lowest BCUT2D eigenvalue weighted by Gasteiger charge is -2.19. The van der Waals surface area contributed by atoms with Crippen molar-refractivity contribution in [3.63, 3.8) is 0 Å². The maximum atomic E-state index is 11.8. The van der Waals surface area contributed by atoms with Crippen molar-refractivity contribution < 1.29 is 19.7 Å². The van der Waals surface area contributed by atoms with E-state index in [1.807, 2.05) is 4.90 Å². The maximum absolute atomic E-state index is 11.8. The molecule has 0 saturated heterocycles. The van der Waals surface area contributed by atoms with Crippen LogP contribution in [0, 0.1) is 0 Å². The number of hydrogen-bond acceptors (Lipinski definition) is 5. The third kappa shape index (κ3) is 21.8. The van der Waals surface area contributed by atoms with Crippen molar-refractivity contribution in [3.05, 3.63) is 0 Å². The number of ether oxygens (including phenoxy) is 1. The van der Waals surface area contributed by atoms with Gasteiger partial charge in [-0.15, -0.1) is 0 Å². The fraction of sp³-hybridized carbons (Fsp3) is 0.957. The van der Waals surface area contributed by atoms with E-state index in [0.717, 1.165) is 19.3 Å². The Balaban J connectivity index is 3.30. The van der Waals surface area contributed by atoms with E-state index in [-0.39, 0.29) is 19.1 Å². The fourth-order valence-electron chi connectivity index (χ4n) is 3.35. The molecule has 0 aliphatic carbocycles. The molecule has 0 aromatic rings. The Kier molecular flexibility index (Phi) is 23.0. The van der Waals surface area contributed by atoms with Gasteiger partial charge in [-0.05, 0) is 12.8 Å². The smallest absolute Gasteiger partial charge is 0.219 e. The molecule has 0 atom stereocenters. The Bertz CT molecular complexity index is 337. The van der Waals surface area contributed by atoms with Gasteiger partial charge in [0.05, 0.1) is 19.8 Å². The molecule has 0 spiro atoms. The van der Waals surface area contributed by atoms with E-state index >= 15 is 0 Å². The predicted molar refractivity (Wildman–Crippen MR) is 120 cm³/mol. The summed E-state index contributed by atoms with van der Waals surface area (Å²) in [7, 11) is 0. The summed E-state index contributed by atoms with van der Waals surface area (Å²) in [5, 5.41) is 20.8. The Hall–Kier alpha value is -0.690. The molecule has 0 bridgehead atoms. The zero-order chi connectivity index (χ0) is 21.4. The molecule has 3 N–H and O–H groups in total. The number of nitrogens with one attached hydrogen (secondary N) is 1. The average molecular weight is 417 g/mol. The average Bonchev–Trinajstić information content (AvgIpc) is 2.71. The number of rotatable bonds is 23. The largest absolute Gasteiger partial charge is 0.395 e. The van der Waals surface area contributed by atoms with Crippen LogP contribution in [0.2, 0.25) is 0 Å². The molecule has 6 heteroatoms. The summed E-state index contributed by atoms with van der Waals surface area (Å²) in [6.07, 6.45) is 15.7. The number of nitrogens with zero attached hydrogens (tertiary/aromatic N) is 1. The van der Waals surface area contributed by atoms with E-state index in [4.69, 9.17) is 14.9 Å². The summed E-state index contributed by atoms with van der Waals surface area (Å²) in [5.41, 5.74) is 0. The Morgan fingerprint density at radius 2 is 1.31 bits per heavy atom. The lowest BCUT2D eigenvalue weighted by Crippen LogP contribution is -2.33. The molecule has 6 nitrogen and oxygen atoms in total. The van der Waals surface area contributed by atoms with Gasteiger partial charge in [0.1, 0.15) is 0 Å². The van der Waals surface area contributed by atoms with Crippen LogP contribution < -0.4 is 5.32 Å². The van der Waals surface area contributed by atoms with Crippen molar-refractivity contribution in [2.75, 3.05) is 52.6 Å². The van der Waals surface area contributed by atoms with Crippen LogP contribution in [0.4, 0.5) is 0 Å². The van der Waals surface area contributed by atoms with Crippen LogP contribution in [0.5, 0.6) is 0 Å². The van der Waals surface area contributed by atoms with Gasteiger partial charge in [-0.2, -0.15) is 0 Å². The van der Waals surface area contributed by atoms with Crippen molar-refractivity contribution in [3.8, 4) is 0 Å². The second kappa shape index (κ2) is 23.6. The van der Waals surface area contributed by atoms with Gasteiger partial charge in [0, 0.05) is 39.2 Å². The first-order chi connectivity index (χ1) is 14.2. The van der Waals surface area contributed by atoms with Crippen molar-refractivity contribution in [2.24, 2.45) is 0 Å². The van der Waals surface area contributed by atoms with Gasteiger partial charge >= 0.3 is 0 Å². The molecule has 1 amide bonds. The monoisotopic (exact) mass is 416 g/mol. The van der Waals surface area contributed by atoms with E-state index in [1.54, 1.807) is 0 Å². The van der Waals surface area contributed by atoms with E-state index in [0.29, 0.717) is 45.8 Å². The molecular weight excluding hydrogens is 368 g/mol. The highest BCUT2D eigenvalue weighted by Crippen LogP contribution is 2.11. The molecule has 0 aliphatic heterocycles. The quantitative estimate of drug-likeness (QED) is 0.222. The number of hydrogen-bond donors (Lipinski definition) is 3. The van der Waals surface area contributed by atoms with Crippen LogP contribution in [0.25, 0.3) is 0 Å². The molecule has 0 unspecified atom stereocenters. The molecule has 0 aromatic heterocycles. The molecule has 0 rings (SSSR count). The van der Waals surface area contributed by atoms with Gasteiger partial charge in [-0.25, -0.2) is 0 Å².